The lowest BCUT2D eigenvalue weighted by Crippen LogP contribution is -2.14. The average molecular weight is 212 g/mol. The van der Waals surface area contributed by atoms with Crippen molar-refractivity contribution in [2.45, 2.75) is 6.18 Å². The summed E-state index contributed by atoms with van der Waals surface area (Å²) in [4.78, 5) is 0. The molecule has 1 aromatic carbocycles. The normalized spacial score (nSPS) is 11.8. The van der Waals surface area contributed by atoms with Gasteiger partial charge in [0.1, 0.15) is 5.56 Å². The first-order chi connectivity index (χ1) is 6.25. The second-order valence-electron chi connectivity index (χ2n) is 2.56. The molecule has 78 valence electrons. The molecule has 14 heavy (non-hydrogen) atoms. The van der Waals surface area contributed by atoms with Gasteiger partial charge in [0.25, 0.3) is 0 Å². The minimum atomic E-state index is -5.16. The van der Waals surface area contributed by atoms with Crippen molar-refractivity contribution in [1.82, 2.24) is 0 Å². The van der Waals surface area contributed by atoms with Gasteiger partial charge in [-0.1, -0.05) is 0 Å². The Balaban J connectivity index is 3.56. The SMILES string of the molecule is Nc1cc(N)c(F)c(C(F)(F)F)c1F. The number of anilines is 2. The molecule has 0 atom stereocenters. The number of halogens is 5. The van der Waals surface area contributed by atoms with Crippen molar-refractivity contribution in [1.29, 1.82) is 0 Å². The average Bonchev–Trinajstić information content (AvgIpc) is 1.98. The van der Waals surface area contributed by atoms with E-state index >= 15 is 0 Å². The van der Waals surface area contributed by atoms with Crippen molar-refractivity contribution in [3.05, 3.63) is 23.3 Å². The number of rotatable bonds is 0. The maximum atomic E-state index is 12.8. The zero-order valence-corrected chi connectivity index (χ0v) is 6.62. The minimum Gasteiger partial charge on any atom is -0.396 e. The molecule has 2 nitrogen and oxygen atoms in total. The van der Waals surface area contributed by atoms with Gasteiger partial charge in [0, 0.05) is 0 Å². The molecular formula is C7H5F5N2. The summed E-state index contributed by atoms with van der Waals surface area (Å²) < 4.78 is 61.8. The monoisotopic (exact) mass is 212 g/mol. The number of nitrogen functional groups attached to an aromatic ring is 2. The Morgan fingerprint density at radius 3 is 1.57 bits per heavy atom. The first-order valence-electron chi connectivity index (χ1n) is 3.35. The van der Waals surface area contributed by atoms with Gasteiger partial charge in [-0.25, -0.2) is 8.78 Å². The Morgan fingerprint density at radius 2 is 1.29 bits per heavy atom. The molecule has 0 aliphatic rings. The largest absolute Gasteiger partial charge is 0.422 e. The number of hydrogen-bond acceptors (Lipinski definition) is 2. The summed E-state index contributed by atoms with van der Waals surface area (Å²) in [7, 11) is 0. The molecular weight excluding hydrogens is 207 g/mol. The van der Waals surface area contributed by atoms with Crippen LogP contribution in [-0.2, 0) is 6.18 Å². The number of alkyl halides is 3. The Kier molecular flexibility index (Phi) is 2.26. The topological polar surface area (TPSA) is 52.0 Å². The molecule has 7 heteroatoms. The maximum absolute atomic E-state index is 12.8. The highest BCUT2D eigenvalue weighted by Crippen LogP contribution is 2.37. The van der Waals surface area contributed by atoms with Gasteiger partial charge in [-0.2, -0.15) is 13.2 Å². The van der Waals surface area contributed by atoms with E-state index < -0.39 is 34.7 Å². The molecule has 1 aromatic rings. The molecule has 0 heterocycles. The van der Waals surface area contributed by atoms with E-state index in [0.29, 0.717) is 6.07 Å². The molecule has 0 amide bonds. The molecule has 0 saturated heterocycles. The third-order valence-corrected chi connectivity index (χ3v) is 1.54. The van der Waals surface area contributed by atoms with Crippen LogP contribution in [0.25, 0.3) is 0 Å². The van der Waals surface area contributed by atoms with E-state index in [4.69, 9.17) is 11.5 Å². The van der Waals surface area contributed by atoms with Crippen LogP contribution in [0, 0.1) is 11.6 Å². The van der Waals surface area contributed by atoms with Crippen molar-refractivity contribution in [2.24, 2.45) is 0 Å². The Bertz CT molecular complexity index is 345. The van der Waals surface area contributed by atoms with Crippen molar-refractivity contribution < 1.29 is 22.0 Å². The summed E-state index contributed by atoms with van der Waals surface area (Å²) in [5, 5.41) is 0. The van der Waals surface area contributed by atoms with Crippen molar-refractivity contribution in [2.75, 3.05) is 11.5 Å². The quantitative estimate of drug-likeness (QED) is 0.511. The number of hydrogen-bond donors (Lipinski definition) is 2. The maximum Gasteiger partial charge on any atom is 0.422 e. The molecule has 0 spiro atoms. The van der Waals surface area contributed by atoms with E-state index in [1.165, 1.54) is 0 Å². The van der Waals surface area contributed by atoms with Gasteiger partial charge in [-0.05, 0) is 6.07 Å². The summed E-state index contributed by atoms with van der Waals surface area (Å²) in [6, 6.07) is 0.597. The van der Waals surface area contributed by atoms with Crippen LogP contribution in [0.2, 0.25) is 0 Å². The van der Waals surface area contributed by atoms with Crippen LogP contribution >= 0.6 is 0 Å². The molecule has 0 aromatic heterocycles. The molecule has 0 aliphatic carbocycles. The fraction of sp³-hybridized carbons (Fsp3) is 0.143. The lowest BCUT2D eigenvalue weighted by Gasteiger charge is -2.11. The highest BCUT2D eigenvalue weighted by atomic mass is 19.4. The van der Waals surface area contributed by atoms with Crippen LogP contribution in [0.1, 0.15) is 5.56 Å². The molecule has 0 fully saturated rings. The number of benzene rings is 1. The minimum absolute atomic E-state index is 0.597. The molecule has 0 aliphatic heterocycles. The lowest BCUT2D eigenvalue weighted by molar-refractivity contribution is -0.142. The molecule has 4 N–H and O–H groups in total. The second-order valence-corrected chi connectivity index (χ2v) is 2.56. The molecule has 0 unspecified atom stereocenters. The van der Waals surface area contributed by atoms with E-state index in [1.807, 2.05) is 0 Å². The van der Waals surface area contributed by atoms with Crippen LogP contribution in [0.15, 0.2) is 6.07 Å². The Morgan fingerprint density at radius 1 is 0.929 bits per heavy atom. The van der Waals surface area contributed by atoms with E-state index in [0.717, 1.165) is 0 Å². The Hall–Kier alpha value is -1.53. The van der Waals surface area contributed by atoms with Crippen molar-refractivity contribution in [3.63, 3.8) is 0 Å². The summed E-state index contributed by atoms with van der Waals surface area (Å²) in [5.74, 6) is -3.69. The fourth-order valence-corrected chi connectivity index (χ4v) is 0.928. The summed E-state index contributed by atoms with van der Waals surface area (Å²) in [6.07, 6.45) is -5.16. The third kappa shape index (κ3) is 1.57. The van der Waals surface area contributed by atoms with Crippen LogP contribution < -0.4 is 11.5 Å². The molecule has 0 bridgehead atoms. The van der Waals surface area contributed by atoms with E-state index in [2.05, 4.69) is 0 Å². The highest BCUT2D eigenvalue weighted by molar-refractivity contribution is 5.57. The van der Waals surface area contributed by atoms with Crippen LogP contribution in [0.3, 0.4) is 0 Å². The predicted octanol–water partition coefficient (Wildman–Crippen LogP) is 2.15. The molecule has 0 saturated carbocycles. The zero-order chi connectivity index (χ0) is 11.1. The number of nitrogens with two attached hydrogens (primary N) is 2. The van der Waals surface area contributed by atoms with Gasteiger partial charge < -0.3 is 11.5 Å². The van der Waals surface area contributed by atoms with Gasteiger partial charge in [-0.15, -0.1) is 0 Å². The molecule has 0 radical (unpaired) electrons. The predicted molar refractivity (Wildman–Crippen MR) is 40.2 cm³/mol. The van der Waals surface area contributed by atoms with Crippen LogP contribution in [0.4, 0.5) is 33.3 Å². The molecule has 1 rings (SSSR count). The van der Waals surface area contributed by atoms with Gasteiger partial charge >= 0.3 is 6.18 Å². The van der Waals surface area contributed by atoms with Crippen LogP contribution in [0.5, 0.6) is 0 Å². The summed E-state index contributed by atoms with van der Waals surface area (Å²) in [5.41, 5.74) is 6.00. The third-order valence-electron chi connectivity index (χ3n) is 1.54. The first-order valence-corrected chi connectivity index (χ1v) is 3.35. The zero-order valence-electron chi connectivity index (χ0n) is 6.62. The van der Waals surface area contributed by atoms with Crippen LogP contribution in [-0.4, -0.2) is 0 Å². The van der Waals surface area contributed by atoms with Gasteiger partial charge in [-0.3, -0.25) is 0 Å². The second kappa shape index (κ2) is 3.00. The van der Waals surface area contributed by atoms with E-state index in [-0.39, 0.29) is 0 Å². The van der Waals surface area contributed by atoms with E-state index in [9.17, 15) is 22.0 Å². The standard InChI is InChI=1S/C7H5F5N2/c8-5-2(13)1-3(14)6(9)4(5)7(10,11)12/h1H,13-14H2. The van der Waals surface area contributed by atoms with Gasteiger partial charge in [0.15, 0.2) is 11.6 Å². The lowest BCUT2D eigenvalue weighted by atomic mass is 10.1. The van der Waals surface area contributed by atoms with Gasteiger partial charge in [0.05, 0.1) is 11.4 Å². The van der Waals surface area contributed by atoms with Gasteiger partial charge in [0.2, 0.25) is 0 Å². The first kappa shape index (κ1) is 10.6. The highest BCUT2D eigenvalue weighted by Gasteiger charge is 2.39. The van der Waals surface area contributed by atoms with E-state index in [1.54, 1.807) is 0 Å². The smallest absolute Gasteiger partial charge is 0.396 e. The Labute approximate surface area is 75.3 Å². The summed E-state index contributed by atoms with van der Waals surface area (Å²) >= 11 is 0. The van der Waals surface area contributed by atoms with Crippen molar-refractivity contribution >= 4 is 11.4 Å². The fourth-order valence-electron chi connectivity index (χ4n) is 0.928. The van der Waals surface area contributed by atoms with Crippen molar-refractivity contribution in [3.8, 4) is 0 Å². The summed E-state index contributed by atoms with van der Waals surface area (Å²) in [6.45, 7) is 0.